The minimum Gasteiger partial charge on any atom is -0.303 e. The van der Waals surface area contributed by atoms with Crippen molar-refractivity contribution in [2.75, 3.05) is 0 Å². The van der Waals surface area contributed by atoms with Gasteiger partial charge in [0.25, 0.3) is 0 Å². The van der Waals surface area contributed by atoms with Gasteiger partial charge < -0.3 is 5.32 Å². The van der Waals surface area contributed by atoms with Crippen LogP contribution in [0.1, 0.15) is 46.2 Å². The number of nitrogens with zero attached hydrogens (tertiary/aromatic N) is 3. The van der Waals surface area contributed by atoms with Crippen molar-refractivity contribution in [2.45, 2.75) is 39.8 Å². The van der Waals surface area contributed by atoms with Crippen LogP contribution in [0.25, 0.3) is 5.00 Å². The third-order valence-corrected chi connectivity index (χ3v) is 5.72. The quantitative estimate of drug-likeness (QED) is 0.781. The number of rotatable bonds is 2. The van der Waals surface area contributed by atoms with E-state index >= 15 is 0 Å². The first kappa shape index (κ1) is 14.6. The van der Waals surface area contributed by atoms with Crippen LogP contribution < -0.4 is 5.32 Å². The summed E-state index contributed by atoms with van der Waals surface area (Å²) in [6.07, 6.45) is 0.977. The summed E-state index contributed by atoms with van der Waals surface area (Å²) in [4.78, 5) is 1.38. The fourth-order valence-corrected chi connectivity index (χ4v) is 4.50. The molecule has 23 heavy (non-hydrogen) atoms. The fourth-order valence-electron chi connectivity index (χ4n) is 3.26. The zero-order valence-corrected chi connectivity index (χ0v) is 14.4. The molecule has 5 heteroatoms. The third kappa shape index (κ3) is 2.40. The van der Waals surface area contributed by atoms with E-state index in [2.05, 4.69) is 64.3 Å². The summed E-state index contributed by atoms with van der Waals surface area (Å²) in [5.74, 6) is 1.97. The lowest BCUT2D eigenvalue weighted by atomic mass is 10.0. The van der Waals surface area contributed by atoms with Gasteiger partial charge in [-0.25, -0.2) is 0 Å². The number of hydrogen-bond donors (Lipinski definition) is 1. The lowest BCUT2D eigenvalue weighted by Gasteiger charge is -2.09. The van der Waals surface area contributed by atoms with Crippen LogP contribution in [0.4, 0.5) is 0 Å². The van der Waals surface area contributed by atoms with Crippen molar-refractivity contribution >= 4 is 11.3 Å². The van der Waals surface area contributed by atoms with Crippen LogP contribution in [0.5, 0.6) is 0 Å². The van der Waals surface area contributed by atoms with Crippen LogP contribution in [0.15, 0.2) is 30.3 Å². The third-order valence-electron chi connectivity index (χ3n) is 4.55. The van der Waals surface area contributed by atoms with Gasteiger partial charge >= 0.3 is 0 Å². The zero-order chi connectivity index (χ0) is 16.0. The minimum absolute atomic E-state index is 0.209. The highest BCUT2D eigenvalue weighted by Gasteiger charge is 2.27. The second-order valence-corrected chi connectivity index (χ2v) is 7.33. The average molecular weight is 324 g/mol. The van der Waals surface area contributed by atoms with Gasteiger partial charge in [0, 0.05) is 17.0 Å². The predicted octanol–water partition coefficient (Wildman–Crippen LogP) is 3.70. The second kappa shape index (κ2) is 5.58. The maximum absolute atomic E-state index is 4.38. The number of benzene rings is 1. The Hall–Kier alpha value is -1.98. The number of aromatic nitrogens is 3. The first-order valence-electron chi connectivity index (χ1n) is 7.96. The van der Waals surface area contributed by atoms with Crippen molar-refractivity contribution in [3.8, 4) is 5.00 Å². The van der Waals surface area contributed by atoms with Gasteiger partial charge in [-0.2, -0.15) is 0 Å². The van der Waals surface area contributed by atoms with E-state index in [0.717, 1.165) is 24.6 Å². The lowest BCUT2D eigenvalue weighted by Crippen LogP contribution is -2.18. The van der Waals surface area contributed by atoms with Crippen molar-refractivity contribution in [3.05, 3.63) is 63.5 Å². The number of hydrogen-bond acceptors (Lipinski definition) is 4. The maximum Gasteiger partial charge on any atom is 0.155 e. The van der Waals surface area contributed by atoms with E-state index in [1.54, 1.807) is 0 Å². The number of fused-ring (bicyclic) bond motifs is 3. The van der Waals surface area contributed by atoms with Gasteiger partial charge in [-0.15, -0.1) is 21.5 Å². The number of aryl methyl sites for hydroxylation is 2. The Bertz CT molecular complexity index is 848. The van der Waals surface area contributed by atoms with Crippen molar-refractivity contribution < 1.29 is 0 Å². The van der Waals surface area contributed by atoms with Crippen LogP contribution in [0.3, 0.4) is 0 Å². The van der Waals surface area contributed by atoms with E-state index in [9.17, 15) is 0 Å². The summed E-state index contributed by atoms with van der Waals surface area (Å²) in [6.45, 7) is 7.29. The van der Waals surface area contributed by atoms with E-state index in [-0.39, 0.29) is 6.04 Å². The summed E-state index contributed by atoms with van der Waals surface area (Å²) >= 11 is 1.86. The molecule has 0 fully saturated rings. The highest BCUT2D eigenvalue weighted by Crippen LogP contribution is 2.37. The Kier molecular flexibility index (Phi) is 3.54. The molecule has 1 N–H and O–H groups in total. The summed E-state index contributed by atoms with van der Waals surface area (Å²) < 4.78 is 2.23. The van der Waals surface area contributed by atoms with E-state index in [4.69, 9.17) is 0 Å². The maximum atomic E-state index is 4.38. The molecule has 0 amide bonds. The largest absolute Gasteiger partial charge is 0.303 e. The molecule has 3 heterocycles. The van der Waals surface area contributed by atoms with E-state index in [0.29, 0.717) is 0 Å². The Morgan fingerprint density at radius 2 is 2.00 bits per heavy atom. The Morgan fingerprint density at radius 3 is 2.78 bits per heavy atom. The van der Waals surface area contributed by atoms with Gasteiger partial charge in [0.2, 0.25) is 0 Å². The Balaban J connectivity index is 1.85. The van der Waals surface area contributed by atoms with Gasteiger partial charge in [0.05, 0.1) is 6.04 Å². The average Bonchev–Trinajstić information content (AvgIpc) is 3.03. The second-order valence-electron chi connectivity index (χ2n) is 6.13. The first-order valence-corrected chi connectivity index (χ1v) is 8.77. The molecule has 0 aliphatic carbocycles. The summed E-state index contributed by atoms with van der Waals surface area (Å²) in [6, 6.07) is 10.9. The topological polar surface area (TPSA) is 42.7 Å². The molecule has 1 aliphatic heterocycles. The fraction of sp³-hybridized carbons (Fsp3) is 0.333. The molecule has 1 aliphatic rings. The predicted molar refractivity (Wildman–Crippen MR) is 93.2 cm³/mol. The molecular formula is C18H20N4S. The van der Waals surface area contributed by atoms with Crippen LogP contribution in [-0.2, 0) is 13.0 Å². The molecule has 3 aromatic rings. The van der Waals surface area contributed by atoms with Crippen LogP contribution in [0, 0.1) is 13.8 Å². The Morgan fingerprint density at radius 1 is 1.22 bits per heavy atom. The van der Waals surface area contributed by atoms with Gasteiger partial charge in [-0.05, 0) is 38.3 Å². The summed E-state index contributed by atoms with van der Waals surface area (Å²) in [5.41, 5.74) is 4.19. The van der Waals surface area contributed by atoms with Crippen molar-refractivity contribution in [1.29, 1.82) is 0 Å². The molecule has 0 radical (unpaired) electrons. The highest BCUT2D eigenvalue weighted by molar-refractivity contribution is 7.14. The van der Waals surface area contributed by atoms with Crippen LogP contribution >= 0.6 is 11.3 Å². The van der Waals surface area contributed by atoms with E-state index < -0.39 is 0 Å². The zero-order valence-electron chi connectivity index (χ0n) is 13.6. The molecule has 0 spiro atoms. The monoisotopic (exact) mass is 324 g/mol. The molecule has 0 saturated heterocycles. The van der Waals surface area contributed by atoms with Crippen molar-refractivity contribution in [3.63, 3.8) is 0 Å². The normalized spacial score (nSPS) is 16.7. The molecule has 0 saturated carbocycles. The van der Waals surface area contributed by atoms with Gasteiger partial charge in [-0.1, -0.05) is 30.3 Å². The SMILES string of the molecule is Cc1sc2c(c1Cc1ccccc1)CNC(C)c1nnc(C)n1-2. The van der Waals surface area contributed by atoms with E-state index in [1.807, 2.05) is 18.3 Å². The standard InChI is InChI=1S/C18H20N4S/c1-11-17-21-20-13(3)22(17)18-16(10-19-11)15(12(2)23-18)9-14-7-5-4-6-8-14/h4-8,11,19H,9-10H2,1-3H3. The molecule has 1 unspecified atom stereocenters. The minimum atomic E-state index is 0.209. The molecule has 0 bridgehead atoms. The molecule has 2 aromatic heterocycles. The number of thiophene rings is 1. The molecule has 1 aromatic carbocycles. The van der Waals surface area contributed by atoms with Gasteiger partial charge in [0.15, 0.2) is 5.82 Å². The molecule has 4 nitrogen and oxygen atoms in total. The van der Waals surface area contributed by atoms with E-state index in [1.165, 1.54) is 26.6 Å². The Labute approximate surface area is 140 Å². The molecule has 1 atom stereocenters. The molecule has 4 rings (SSSR count). The molecule has 118 valence electrons. The lowest BCUT2D eigenvalue weighted by molar-refractivity contribution is 0.551. The van der Waals surface area contributed by atoms with Crippen LogP contribution in [0.2, 0.25) is 0 Å². The van der Waals surface area contributed by atoms with Crippen molar-refractivity contribution in [1.82, 2.24) is 20.1 Å². The first-order chi connectivity index (χ1) is 11.1. The van der Waals surface area contributed by atoms with Crippen LogP contribution in [-0.4, -0.2) is 14.8 Å². The molecular weight excluding hydrogens is 304 g/mol. The number of nitrogens with one attached hydrogen (secondary N) is 1. The van der Waals surface area contributed by atoms with Gasteiger partial charge in [0.1, 0.15) is 10.8 Å². The summed E-state index contributed by atoms with van der Waals surface area (Å²) in [5, 5.41) is 13.5. The smallest absolute Gasteiger partial charge is 0.155 e. The van der Waals surface area contributed by atoms with Gasteiger partial charge in [-0.3, -0.25) is 4.57 Å². The summed E-state index contributed by atoms with van der Waals surface area (Å²) in [7, 11) is 0. The highest BCUT2D eigenvalue weighted by atomic mass is 32.1. The van der Waals surface area contributed by atoms with Crippen molar-refractivity contribution in [2.24, 2.45) is 0 Å².